The molecule has 0 radical (unpaired) electrons. The quantitative estimate of drug-likeness (QED) is 0.523. The summed E-state index contributed by atoms with van der Waals surface area (Å²) in [5.74, 6) is 0. The van der Waals surface area contributed by atoms with Crippen LogP contribution >= 0.6 is 0 Å². The molecule has 0 aliphatic carbocycles. The van der Waals surface area contributed by atoms with Gasteiger partial charge in [-0.1, -0.05) is 76.3 Å². The third-order valence-electron chi connectivity index (χ3n) is 4.43. The van der Waals surface area contributed by atoms with Crippen LogP contribution in [0.15, 0.2) is 42.7 Å². The molecule has 0 bridgehead atoms. The molecule has 0 aromatic heterocycles. The van der Waals surface area contributed by atoms with E-state index in [1.54, 1.807) is 0 Å². The van der Waals surface area contributed by atoms with E-state index in [-0.39, 0.29) is 0 Å². The second-order valence-electron chi connectivity index (χ2n) is 6.33. The normalized spacial score (nSPS) is 17.5. The highest BCUT2D eigenvalue weighted by Crippen LogP contribution is 2.31. The van der Waals surface area contributed by atoms with Gasteiger partial charge in [0.25, 0.3) is 0 Å². The van der Waals surface area contributed by atoms with Gasteiger partial charge in [0.2, 0.25) is 0 Å². The van der Waals surface area contributed by atoms with E-state index in [2.05, 4.69) is 66.4 Å². The van der Waals surface area contributed by atoms with Gasteiger partial charge in [-0.2, -0.15) is 0 Å². The van der Waals surface area contributed by atoms with Crippen molar-refractivity contribution in [3.05, 3.63) is 48.3 Å². The molecule has 22 heavy (non-hydrogen) atoms. The Labute approximate surface area is 136 Å². The average Bonchev–Trinajstić information content (AvgIpc) is 2.95. The van der Waals surface area contributed by atoms with Crippen molar-refractivity contribution in [2.45, 2.75) is 65.0 Å². The van der Waals surface area contributed by atoms with Gasteiger partial charge in [-0.05, 0) is 18.4 Å². The Morgan fingerprint density at radius 2 is 1.36 bits per heavy atom. The molecule has 0 amide bonds. The van der Waals surface area contributed by atoms with Crippen molar-refractivity contribution in [2.75, 3.05) is 13.1 Å². The van der Waals surface area contributed by atoms with Gasteiger partial charge in [0.15, 0.2) is 0 Å². The lowest BCUT2D eigenvalue weighted by atomic mass is 10.1. The van der Waals surface area contributed by atoms with E-state index in [0.29, 0.717) is 6.17 Å². The van der Waals surface area contributed by atoms with Crippen LogP contribution in [0.1, 0.15) is 70.5 Å². The Morgan fingerprint density at radius 1 is 0.727 bits per heavy atom. The molecule has 0 fully saturated rings. The van der Waals surface area contributed by atoms with Crippen LogP contribution in [-0.4, -0.2) is 22.9 Å². The first kappa shape index (κ1) is 16.9. The van der Waals surface area contributed by atoms with E-state index in [1.807, 2.05) is 0 Å². The minimum absolute atomic E-state index is 0.400. The third kappa shape index (κ3) is 4.79. The number of nitrogens with zero attached hydrogens (tertiary/aromatic N) is 2. The number of hydrogen-bond acceptors (Lipinski definition) is 2. The Bertz CT molecular complexity index is 427. The van der Waals surface area contributed by atoms with Gasteiger partial charge in [0.1, 0.15) is 6.17 Å². The molecule has 0 N–H and O–H groups in total. The fourth-order valence-electron chi connectivity index (χ4n) is 3.26. The predicted molar refractivity (Wildman–Crippen MR) is 95.4 cm³/mol. The zero-order valence-electron chi connectivity index (χ0n) is 14.4. The monoisotopic (exact) mass is 300 g/mol. The Kier molecular flexibility index (Phi) is 7.35. The molecule has 1 aromatic rings. The lowest BCUT2D eigenvalue weighted by Crippen LogP contribution is -2.31. The molecule has 0 saturated heterocycles. The molecule has 0 saturated carbocycles. The van der Waals surface area contributed by atoms with E-state index in [1.165, 1.54) is 57.1 Å². The van der Waals surface area contributed by atoms with Crippen molar-refractivity contribution in [1.29, 1.82) is 0 Å². The van der Waals surface area contributed by atoms with Gasteiger partial charge >= 0.3 is 0 Å². The average molecular weight is 300 g/mol. The largest absolute Gasteiger partial charge is 0.352 e. The molecule has 2 heteroatoms. The number of unbranched alkanes of at least 4 members (excludes halogenated alkanes) is 5. The fourth-order valence-corrected chi connectivity index (χ4v) is 3.26. The molecule has 1 aliphatic heterocycles. The second-order valence-corrected chi connectivity index (χ2v) is 6.33. The summed E-state index contributed by atoms with van der Waals surface area (Å²) in [4.78, 5) is 5.00. The van der Waals surface area contributed by atoms with Gasteiger partial charge < -0.3 is 9.80 Å². The molecule has 1 atom stereocenters. The summed E-state index contributed by atoms with van der Waals surface area (Å²) in [6.45, 7) is 6.83. The predicted octanol–water partition coefficient (Wildman–Crippen LogP) is 5.54. The van der Waals surface area contributed by atoms with Crippen LogP contribution in [0.5, 0.6) is 0 Å². The molecule has 1 aromatic carbocycles. The molecule has 1 heterocycles. The Hall–Kier alpha value is -1.44. The number of rotatable bonds is 10. The summed E-state index contributed by atoms with van der Waals surface area (Å²) in [5, 5.41) is 0. The van der Waals surface area contributed by atoms with Crippen LogP contribution in [0.25, 0.3) is 0 Å². The molecule has 2 nitrogen and oxygen atoms in total. The van der Waals surface area contributed by atoms with E-state index in [9.17, 15) is 0 Å². The van der Waals surface area contributed by atoms with Gasteiger partial charge in [-0.15, -0.1) is 0 Å². The van der Waals surface area contributed by atoms with Gasteiger partial charge in [-0.3, -0.25) is 0 Å². The maximum absolute atomic E-state index is 2.52. The van der Waals surface area contributed by atoms with Crippen molar-refractivity contribution < 1.29 is 0 Å². The van der Waals surface area contributed by atoms with E-state index in [0.717, 1.165) is 6.54 Å². The fraction of sp³-hybridized carbons (Fsp3) is 0.600. The first-order chi connectivity index (χ1) is 10.9. The topological polar surface area (TPSA) is 6.48 Å². The highest BCUT2D eigenvalue weighted by Gasteiger charge is 2.26. The summed E-state index contributed by atoms with van der Waals surface area (Å²) >= 11 is 0. The van der Waals surface area contributed by atoms with Crippen molar-refractivity contribution in [2.24, 2.45) is 0 Å². The molecule has 0 spiro atoms. The van der Waals surface area contributed by atoms with Crippen LogP contribution in [0.2, 0.25) is 0 Å². The molecular weight excluding hydrogens is 268 g/mol. The highest BCUT2D eigenvalue weighted by molar-refractivity contribution is 5.21. The molecule has 1 aliphatic rings. The summed E-state index contributed by atoms with van der Waals surface area (Å²) in [6.07, 6.45) is 14.3. The van der Waals surface area contributed by atoms with Crippen LogP contribution in [0.4, 0.5) is 0 Å². The molecular formula is C20H32N2. The summed E-state index contributed by atoms with van der Waals surface area (Å²) < 4.78 is 0. The summed E-state index contributed by atoms with van der Waals surface area (Å²) in [5.41, 5.74) is 1.41. The van der Waals surface area contributed by atoms with Crippen LogP contribution in [0.3, 0.4) is 0 Å². The van der Waals surface area contributed by atoms with Crippen LogP contribution in [0, 0.1) is 0 Å². The van der Waals surface area contributed by atoms with E-state index < -0.39 is 0 Å². The van der Waals surface area contributed by atoms with Crippen LogP contribution < -0.4 is 0 Å². The lowest BCUT2D eigenvalue weighted by Gasteiger charge is -2.33. The van der Waals surface area contributed by atoms with E-state index in [4.69, 9.17) is 0 Å². The highest BCUT2D eigenvalue weighted by atomic mass is 15.4. The van der Waals surface area contributed by atoms with Crippen molar-refractivity contribution >= 4 is 0 Å². The minimum atomic E-state index is 0.400. The Balaban J connectivity index is 1.87. The van der Waals surface area contributed by atoms with Crippen LogP contribution in [-0.2, 0) is 0 Å². The first-order valence-corrected chi connectivity index (χ1v) is 9.11. The first-order valence-electron chi connectivity index (χ1n) is 9.11. The minimum Gasteiger partial charge on any atom is -0.352 e. The van der Waals surface area contributed by atoms with Crippen molar-refractivity contribution in [1.82, 2.24) is 9.80 Å². The second kappa shape index (κ2) is 9.55. The SMILES string of the molecule is CCCCCCCCN1C=CN(CCC)C1c1ccccc1. The number of hydrogen-bond donors (Lipinski definition) is 0. The van der Waals surface area contributed by atoms with Gasteiger partial charge in [-0.25, -0.2) is 0 Å². The zero-order valence-corrected chi connectivity index (χ0v) is 14.4. The lowest BCUT2D eigenvalue weighted by molar-refractivity contribution is 0.152. The molecule has 1 unspecified atom stereocenters. The summed E-state index contributed by atoms with van der Waals surface area (Å²) in [6, 6.07) is 10.9. The number of benzene rings is 1. The zero-order chi connectivity index (χ0) is 15.6. The van der Waals surface area contributed by atoms with Crippen molar-refractivity contribution in [3.63, 3.8) is 0 Å². The van der Waals surface area contributed by atoms with Crippen molar-refractivity contribution in [3.8, 4) is 0 Å². The third-order valence-corrected chi connectivity index (χ3v) is 4.43. The summed E-state index contributed by atoms with van der Waals surface area (Å²) in [7, 11) is 0. The van der Waals surface area contributed by atoms with Gasteiger partial charge in [0, 0.05) is 25.5 Å². The molecule has 2 rings (SSSR count). The Morgan fingerprint density at radius 3 is 2.05 bits per heavy atom. The molecule has 122 valence electrons. The van der Waals surface area contributed by atoms with E-state index >= 15 is 0 Å². The standard InChI is InChI=1S/C20H32N2/c1-3-5-6-7-8-12-16-22-18-17-21(15-4-2)20(22)19-13-10-9-11-14-19/h9-11,13-14,17-18,20H,3-8,12,15-16H2,1-2H3. The van der Waals surface area contributed by atoms with Gasteiger partial charge in [0.05, 0.1) is 0 Å². The maximum atomic E-state index is 2.52. The maximum Gasteiger partial charge on any atom is 0.127 e. The smallest absolute Gasteiger partial charge is 0.127 e.